The lowest BCUT2D eigenvalue weighted by atomic mass is 10.1. The monoisotopic (exact) mass is 465 g/mol. The molecule has 1 atom stereocenters. The molecule has 30 heavy (non-hydrogen) atoms. The minimum atomic E-state index is -5.24. The molecule has 162 valence electrons. The lowest BCUT2D eigenvalue weighted by molar-refractivity contribution is -0.242. The third-order valence-corrected chi connectivity index (χ3v) is 6.71. The van der Waals surface area contributed by atoms with Gasteiger partial charge in [-0.3, -0.25) is 4.79 Å². The van der Waals surface area contributed by atoms with Gasteiger partial charge in [0.05, 0.1) is 20.4 Å². The summed E-state index contributed by atoms with van der Waals surface area (Å²) in [6, 6.07) is 6.33. The van der Waals surface area contributed by atoms with Crippen molar-refractivity contribution in [3.05, 3.63) is 52.5 Å². The number of amides is 1. The fraction of sp³-hybridized carbons (Fsp3) is 0.222. The smallest absolute Gasteiger partial charge is 0.426 e. The fourth-order valence-electron chi connectivity index (χ4n) is 2.28. The van der Waals surface area contributed by atoms with Crippen LogP contribution in [0.2, 0.25) is 5.02 Å². The van der Waals surface area contributed by atoms with Gasteiger partial charge in [0.25, 0.3) is 5.91 Å². The Morgan fingerprint density at radius 2 is 1.60 bits per heavy atom. The molecular formula is C18H15ClF3NO6S. The molecule has 2 rings (SSSR count). The zero-order valence-electron chi connectivity index (χ0n) is 15.4. The molecule has 12 heteroatoms. The van der Waals surface area contributed by atoms with E-state index in [1.54, 1.807) is 0 Å². The summed E-state index contributed by atoms with van der Waals surface area (Å²) in [7, 11) is -4.20. The van der Waals surface area contributed by atoms with Crippen LogP contribution < -0.4 is 5.32 Å². The van der Waals surface area contributed by atoms with Crippen molar-refractivity contribution in [1.82, 2.24) is 0 Å². The number of hydrogen-bond donors (Lipinski definition) is 3. The summed E-state index contributed by atoms with van der Waals surface area (Å²) >= 11 is 6.09. The first-order chi connectivity index (χ1) is 13.6. The van der Waals surface area contributed by atoms with Gasteiger partial charge in [-0.05, 0) is 55.8 Å². The number of aliphatic hydroxyl groups is 1. The molecule has 0 unspecified atom stereocenters. The normalized spacial score (nSPS) is 14.1. The minimum absolute atomic E-state index is 0.0498. The van der Waals surface area contributed by atoms with Gasteiger partial charge in [0, 0.05) is 5.69 Å². The standard InChI is InChI=1S/C18H15ClF3NO6S/c1-9-12(23-16(26)17(2,27)18(20,21)22)7-8-13(14(9)19)30(28,29)11-5-3-10(4-6-11)15(24)25/h3-8,27H,1-2H3,(H,23,26)(H,24,25)/t17-/m1/s1. The molecule has 0 saturated carbocycles. The number of aromatic carboxylic acids is 1. The molecule has 1 amide bonds. The number of carboxylic acids is 1. The highest BCUT2D eigenvalue weighted by Gasteiger charge is 2.55. The predicted molar refractivity (Wildman–Crippen MR) is 100 cm³/mol. The average molecular weight is 466 g/mol. The lowest BCUT2D eigenvalue weighted by Crippen LogP contribution is -2.52. The van der Waals surface area contributed by atoms with Gasteiger partial charge in [-0.1, -0.05) is 11.6 Å². The van der Waals surface area contributed by atoms with E-state index in [0.717, 1.165) is 36.4 Å². The van der Waals surface area contributed by atoms with Crippen LogP contribution in [0.25, 0.3) is 0 Å². The highest BCUT2D eigenvalue weighted by atomic mass is 35.5. The Morgan fingerprint density at radius 1 is 1.07 bits per heavy atom. The molecule has 0 spiro atoms. The Labute approximate surface area is 174 Å². The van der Waals surface area contributed by atoms with Crippen LogP contribution >= 0.6 is 11.6 Å². The maximum atomic E-state index is 12.8. The molecule has 0 aromatic heterocycles. The first-order valence-corrected chi connectivity index (χ1v) is 9.95. The second-order valence-corrected chi connectivity index (χ2v) is 8.70. The third kappa shape index (κ3) is 4.27. The number of anilines is 1. The summed E-state index contributed by atoms with van der Waals surface area (Å²) in [6.07, 6.45) is -5.24. The number of alkyl halides is 3. The van der Waals surface area contributed by atoms with Crippen molar-refractivity contribution in [2.75, 3.05) is 5.32 Å². The molecule has 0 aliphatic carbocycles. The topological polar surface area (TPSA) is 121 Å². The Hall–Kier alpha value is -2.63. The quantitative estimate of drug-likeness (QED) is 0.622. The van der Waals surface area contributed by atoms with Crippen LogP contribution in [0.1, 0.15) is 22.8 Å². The van der Waals surface area contributed by atoms with E-state index in [1.807, 2.05) is 5.32 Å². The second-order valence-electron chi connectivity index (χ2n) is 6.41. The molecule has 0 radical (unpaired) electrons. The Kier molecular flexibility index (Phi) is 6.22. The SMILES string of the molecule is Cc1c(NC(=O)[C@@](C)(O)C(F)(F)F)ccc(S(=O)(=O)c2ccc(C(=O)O)cc2)c1Cl. The minimum Gasteiger partial charge on any atom is -0.478 e. The van der Waals surface area contributed by atoms with Crippen LogP contribution in [-0.4, -0.2) is 42.3 Å². The first kappa shape index (κ1) is 23.6. The van der Waals surface area contributed by atoms with Gasteiger partial charge in [0.2, 0.25) is 15.4 Å². The van der Waals surface area contributed by atoms with Crippen LogP contribution in [0.4, 0.5) is 18.9 Å². The van der Waals surface area contributed by atoms with Gasteiger partial charge in [-0.15, -0.1) is 0 Å². The number of carbonyl (C=O) groups is 2. The molecule has 0 saturated heterocycles. The number of carboxylic acid groups (broad SMARTS) is 1. The summed E-state index contributed by atoms with van der Waals surface area (Å²) in [5.74, 6) is -3.02. The molecule has 0 aliphatic rings. The van der Waals surface area contributed by atoms with Crippen LogP contribution in [0.3, 0.4) is 0 Å². The maximum absolute atomic E-state index is 12.8. The predicted octanol–water partition coefficient (Wildman–Crippen LogP) is 3.43. The van der Waals surface area contributed by atoms with E-state index in [1.165, 1.54) is 6.92 Å². The van der Waals surface area contributed by atoms with E-state index in [0.29, 0.717) is 0 Å². The molecule has 0 fully saturated rings. The number of hydrogen-bond acceptors (Lipinski definition) is 5. The number of benzene rings is 2. The van der Waals surface area contributed by atoms with Gasteiger partial charge in [-0.25, -0.2) is 13.2 Å². The number of carbonyl (C=O) groups excluding carboxylic acids is 1. The summed E-state index contributed by atoms with van der Waals surface area (Å²) in [4.78, 5) is 22.1. The molecule has 3 N–H and O–H groups in total. The Bertz CT molecular complexity index is 1110. The van der Waals surface area contributed by atoms with E-state index < -0.39 is 38.4 Å². The largest absolute Gasteiger partial charge is 0.478 e. The number of halogens is 4. The number of sulfone groups is 1. The molecular weight excluding hydrogens is 451 g/mol. The van der Waals surface area contributed by atoms with Crippen LogP contribution in [0.5, 0.6) is 0 Å². The molecule has 0 heterocycles. The van der Waals surface area contributed by atoms with E-state index >= 15 is 0 Å². The first-order valence-electron chi connectivity index (χ1n) is 8.09. The second kappa shape index (κ2) is 7.89. The van der Waals surface area contributed by atoms with E-state index in [2.05, 4.69) is 0 Å². The van der Waals surface area contributed by atoms with Gasteiger partial charge in [-0.2, -0.15) is 13.2 Å². The third-order valence-electron chi connectivity index (χ3n) is 4.29. The van der Waals surface area contributed by atoms with Crippen molar-refractivity contribution < 1.29 is 41.4 Å². The summed E-state index contributed by atoms with van der Waals surface area (Å²) in [6.45, 7) is 1.55. The summed E-state index contributed by atoms with van der Waals surface area (Å²) < 4.78 is 64.0. The van der Waals surface area contributed by atoms with Crippen molar-refractivity contribution in [2.45, 2.75) is 35.4 Å². The van der Waals surface area contributed by atoms with E-state index in [4.69, 9.17) is 16.7 Å². The van der Waals surface area contributed by atoms with Crippen molar-refractivity contribution in [3.63, 3.8) is 0 Å². The van der Waals surface area contributed by atoms with E-state index in [9.17, 15) is 36.3 Å². The Balaban J connectivity index is 2.43. The maximum Gasteiger partial charge on any atom is 0.426 e. The average Bonchev–Trinajstić information content (AvgIpc) is 2.64. The van der Waals surface area contributed by atoms with Crippen molar-refractivity contribution in [2.24, 2.45) is 0 Å². The van der Waals surface area contributed by atoms with Crippen molar-refractivity contribution in [3.8, 4) is 0 Å². The lowest BCUT2D eigenvalue weighted by Gasteiger charge is -2.25. The van der Waals surface area contributed by atoms with Gasteiger partial charge >= 0.3 is 12.1 Å². The molecule has 2 aromatic carbocycles. The summed E-state index contributed by atoms with van der Waals surface area (Å²) in [5.41, 5.74) is -4.09. The van der Waals surface area contributed by atoms with Crippen molar-refractivity contribution >= 4 is 39.0 Å². The highest BCUT2D eigenvalue weighted by molar-refractivity contribution is 7.91. The zero-order chi connectivity index (χ0) is 23.1. The number of rotatable bonds is 5. The van der Waals surface area contributed by atoms with E-state index in [-0.39, 0.29) is 33.7 Å². The van der Waals surface area contributed by atoms with Gasteiger partial charge in [0.15, 0.2) is 0 Å². The van der Waals surface area contributed by atoms with Crippen LogP contribution in [0.15, 0.2) is 46.2 Å². The van der Waals surface area contributed by atoms with Gasteiger partial charge in [0.1, 0.15) is 0 Å². The molecule has 2 aromatic rings. The molecule has 7 nitrogen and oxygen atoms in total. The van der Waals surface area contributed by atoms with Gasteiger partial charge < -0.3 is 15.5 Å². The zero-order valence-corrected chi connectivity index (χ0v) is 17.0. The molecule has 0 bridgehead atoms. The molecule has 0 aliphatic heterocycles. The van der Waals surface area contributed by atoms with Crippen molar-refractivity contribution in [1.29, 1.82) is 0 Å². The highest BCUT2D eigenvalue weighted by Crippen LogP contribution is 2.36. The Morgan fingerprint density at radius 3 is 2.07 bits per heavy atom. The number of nitrogens with one attached hydrogen (secondary N) is 1. The summed E-state index contributed by atoms with van der Waals surface area (Å²) in [5, 5.41) is 19.8. The van der Waals surface area contributed by atoms with Crippen LogP contribution in [-0.2, 0) is 14.6 Å². The van der Waals surface area contributed by atoms with Crippen LogP contribution in [0, 0.1) is 6.92 Å². The fourth-order valence-corrected chi connectivity index (χ4v) is 4.13.